The van der Waals surface area contributed by atoms with Crippen LogP contribution in [0.1, 0.15) is 19.8 Å². The number of carbonyl (C=O) groups excluding carboxylic acids is 1. The fourth-order valence-corrected chi connectivity index (χ4v) is 1.92. The lowest BCUT2D eigenvalue weighted by Crippen LogP contribution is -2.21. The molecule has 0 radical (unpaired) electrons. The van der Waals surface area contributed by atoms with Gasteiger partial charge in [0.25, 0.3) is 5.69 Å². The first-order chi connectivity index (χ1) is 10.9. The maximum absolute atomic E-state index is 11.9. The molecule has 1 aromatic carbocycles. The van der Waals surface area contributed by atoms with Crippen molar-refractivity contribution in [1.82, 2.24) is 0 Å². The number of hydrogen-bond acceptors (Lipinski definition) is 8. The molecule has 10 heteroatoms. The van der Waals surface area contributed by atoms with Crippen LogP contribution in [-0.4, -0.2) is 22.4 Å². The smallest absolute Gasteiger partial charge is 0.413 e. The van der Waals surface area contributed by atoms with Gasteiger partial charge in [-0.2, -0.15) is 0 Å². The number of carbonyl (C=O) groups is 1. The average molecular weight is 322 g/mol. The number of nitro groups is 2. The summed E-state index contributed by atoms with van der Waals surface area (Å²) in [7, 11) is 0. The number of nitrogens with one attached hydrogen (secondary N) is 2. The van der Waals surface area contributed by atoms with Gasteiger partial charge in [0.15, 0.2) is 5.82 Å². The van der Waals surface area contributed by atoms with Crippen LogP contribution in [-0.2, 0) is 9.53 Å². The first-order valence-corrected chi connectivity index (χ1v) is 6.82. The zero-order chi connectivity index (χ0) is 17.0. The number of nitro benzene ring substituents is 1. The lowest BCUT2D eigenvalue weighted by molar-refractivity contribution is -0.422. The molecular formula is C13H14N4O6. The summed E-state index contributed by atoms with van der Waals surface area (Å²) in [6.07, 6.45) is 1.38. The number of anilines is 2. The third kappa shape index (κ3) is 3.54. The molecule has 2 N–H and O–H groups in total. The Balaban J connectivity index is 2.26. The Bertz CT molecular complexity index is 700. The Kier molecular flexibility index (Phi) is 4.74. The number of esters is 1. The van der Waals surface area contributed by atoms with Gasteiger partial charge < -0.3 is 15.4 Å². The van der Waals surface area contributed by atoms with Crippen molar-refractivity contribution in [2.45, 2.75) is 19.8 Å². The van der Waals surface area contributed by atoms with E-state index in [0.29, 0.717) is 12.1 Å². The Morgan fingerprint density at radius 1 is 1.22 bits per heavy atom. The Labute approximate surface area is 130 Å². The first-order valence-electron chi connectivity index (χ1n) is 6.82. The van der Waals surface area contributed by atoms with Crippen molar-refractivity contribution < 1.29 is 19.4 Å². The van der Waals surface area contributed by atoms with Gasteiger partial charge in [0, 0.05) is 12.1 Å². The van der Waals surface area contributed by atoms with Crippen LogP contribution in [0.3, 0.4) is 0 Å². The Hall–Kier alpha value is -3.17. The zero-order valence-electron chi connectivity index (χ0n) is 12.2. The van der Waals surface area contributed by atoms with Crippen LogP contribution in [0.25, 0.3) is 0 Å². The molecule has 1 aromatic rings. The number of rotatable bonds is 6. The first kappa shape index (κ1) is 16.2. The highest BCUT2D eigenvalue weighted by Gasteiger charge is 2.33. The molecule has 0 fully saturated rings. The molecule has 0 spiro atoms. The van der Waals surface area contributed by atoms with Crippen LogP contribution < -0.4 is 10.6 Å². The highest BCUT2D eigenvalue weighted by molar-refractivity contribution is 5.91. The van der Waals surface area contributed by atoms with Crippen LogP contribution in [0, 0.1) is 20.2 Å². The molecular weight excluding hydrogens is 308 g/mol. The molecule has 0 bridgehead atoms. The molecule has 122 valence electrons. The Morgan fingerprint density at radius 2 is 1.91 bits per heavy atom. The van der Waals surface area contributed by atoms with Gasteiger partial charge in [0.1, 0.15) is 0 Å². The van der Waals surface area contributed by atoms with Gasteiger partial charge >= 0.3 is 11.7 Å². The van der Waals surface area contributed by atoms with Crippen molar-refractivity contribution in [3.63, 3.8) is 0 Å². The molecule has 0 aliphatic carbocycles. The minimum Gasteiger partial charge on any atom is -0.457 e. The van der Waals surface area contributed by atoms with E-state index < -0.39 is 21.5 Å². The molecule has 10 nitrogen and oxygen atoms in total. The maximum Gasteiger partial charge on any atom is 0.413 e. The second kappa shape index (κ2) is 6.73. The highest BCUT2D eigenvalue weighted by Crippen LogP contribution is 2.34. The number of unbranched alkanes of at least 4 members (excludes halogenated alkanes) is 1. The van der Waals surface area contributed by atoms with E-state index in [4.69, 9.17) is 4.74 Å². The molecule has 0 saturated carbocycles. The number of non-ortho nitro benzene ring substituents is 1. The fraction of sp³-hybridized carbons (Fsp3) is 0.308. The average Bonchev–Trinajstić information content (AvgIpc) is 2.89. The van der Waals surface area contributed by atoms with Gasteiger partial charge in [-0.25, -0.2) is 4.79 Å². The van der Waals surface area contributed by atoms with Crippen LogP contribution in [0.15, 0.2) is 29.7 Å². The molecule has 0 amide bonds. The predicted molar refractivity (Wildman–Crippen MR) is 80.2 cm³/mol. The van der Waals surface area contributed by atoms with Gasteiger partial charge in [0.05, 0.1) is 27.8 Å². The number of hydrogen-bond donors (Lipinski definition) is 2. The van der Waals surface area contributed by atoms with Crippen molar-refractivity contribution in [2.24, 2.45) is 0 Å². The summed E-state index contributed by atoms with van der Waals surface area (Å²) in [6, 6.07) is 3.87. The predicted octanol–water partition coefficient (Wildman–Crippen LogP) is 2.22. The maximum atomic E-state index is 11.9. The van der Waals surface area contributed by atoms with Crippen molar-refractivity contribution in [2.75, 3.05) is 17.2 Å². The second-order valence-corrected chi connectivity index (χ2v) is 4.71. The second-order valence-electron chi connectivity index (χ2n) is 4.71. The third-order valence-electron chi connectivity index (χ3n) is 3.08. The van der Waals surface area contributed by atoms with E-state index >= 15 is 0 Å². The monoisotopic (exact) mass is 322 g/mol. The summed E-state index contributed by atoms with van der Waals surface area (Å²) in [5.41, 5.74) is -0.284. The topological polar surface area (TPSA) is 137 Å². The van der Waals surface area contributed by atoms with Gasteiger partial charge in [-0.05, 0) is 12.5 Å². The minimum absolute atomic E-state index is 0.0817. The summed E-state index contributed by atoms with van der Waals surface area (Å²) in [4.78, 5) is 32.3. The molecule has 0 atom stereocenters. The lowest BCUT2D eigenvalue weighted by atomic mass is 10.2. The quantitative estimate of drug-likeness (QED) is 0.267. The third-order valence-corrected chi connectivity index (χ3v) is 3.08. The summed E-state index contributed by atoms with van der Waals surface area (Å²) < 4.78 is 4.85. The molecule has 0 saturated heterocycles. The molecule has 2 rings (SSSR count). The SMILES string of the molecule is CCCCOC(=O)/C(=C1\Nc2ccc([N+](=O)[O-])cc2N1)[N+](=O)[O-]. The summed E-state index contributed by atoms with van der Waals surface area (Å²) in [5, 5.41) is 27.1. The molecule has 1 heterocycles. The molecule has 1 aliphatic heterocycles. The van der Waals surface area contributed by atoms with Crippen LogP contribution in [0.2, 0.25) is 0 Å². The van der Waals surface area contributed by atoms with Crippen LogP contribution >= 0.6 is 0 Å². The van der Waals surface area contributed by atoms with Crippen LogP contribution in [0.4, 0.5) is 17.1 Å². The standard InChI is InChI=1S/C13H14N4O6/c1-2-3-6-23-13(18)11(17(21)22)12-14-9-5-4-8(16(19)20)7-10(9)15-12/h4-5,7,14-15H,2-3,6H2,1H3/b12-11-. The van der Waals surface area contributed by atoms with E-state index in [2.05, 4.69) is 10.6 Å². The van der Waals surface area contributed by atoms with Gasteiger partial charge in [0.2, 0.25) is 0 Å². The largest absolute Gasteiger partial charge is 0.457 e. The molecule has 23 heavy (non-hydrogen) atoms. The lowest BCUT2D eigenvalue weighted by Gasteiger charge is -2.04. The van der Waals surface area contributed by atoms with Gasteiger partial charge in [-0.1, -0.05) is 13.3 Å². The zero-order valence-corrected chi connectivity index (χ0v) is 12.2. The fourth-order valence-electron chi connectivity index (χ4n) is 1.92. The van der Waals surface area contributed by atoms with Crippen molar-refractivity contribution in [1.29, 1.82) is 0 Å². The normalized spacial score (nSPS) is 14.3. The highest BCUT2D eigenvalue weighted by atomic mass is 16.6. The van der Waals surface area contributed by atoms with E-state index in [1.54, 1.807) is 0 Å². The van der Waals surface area contributed by atoms with E-state index in [1.165, 1.54) is 18.2 Å². The van der Waals surface area contributed by atoms with E-state index in [0.717, 1.165) is 6.42 Å². The summed E-state index contributed by atoms with van der Waals surface area (Å²) in [6.45, 7) is 1.97. The van der Waals surface area contributed by atoms with Crippen LogP contribution in [0.5, 0.6) is 0 Å². The number of ether oxygens (including phenoxy) is 1. The molecule has 1 aliphatic rings. The van der Waals surface area contributed by atoms with Crippen molar-refractivity contribution in [3.8, 4) is 0 Å². The minimum atomic E-state index is -1.07. The van der Waals surface area contributed by atoms with Crippen molar-refractivity contribution >= 4 is 23.0 Å². The summed E-state index contributed by atoms with van der Waals surface area (Å²) >= 11 is 0. The number of nitrogens with zero attached hydrogens (tertiary/aromatic N) is 2. The van der Waals surface area contributed by atoms with Gasteiger partial charge in [-0.3, -0.25) is 20.2 Å². The van der Waals surface area contributed by atoms with Gasteiger partial charge in [-0.15, -0.1) is 0 Å². The van der Waals surface area contributed by atoms with E-state index in [9.17, 15) is 25.0 Å². The number of benzene rings is 1. The molecule has 0 aromatic heterocycles. The van der Waals surface area contributed by atoms with E-state index in [-0.39, 0.29) is 23.8 Å². The van der Waals surface area contributed by atoms with E-state index in [1.807, 2.05) is 6.92 Å². The summed E-state index contributed by atoms with van der Waals surface area (Å²) in [5.74, 6) is -1.24. The Morgan fingerprint density at radius 3 is 2.52 bits per heavy atom. The van der Waals surface area contributed by atoms with Crippen molar-refractivity contribution in [3.05, 3.63) is 49.9 Å². The molecule has 0 unspecified atom stereocenters. The number of fused-ring (bicyclic) bond motifs is 1.